The van der Waals surface area contributed by atoms with Crippen molar-refractivity contribution in [1.29, 1.82) is 0 Å². The molecule has 0 aliphatic heterocycles. The molecule has 0 bridgehead atoms. The van der Waals surface area contributed by atoms with Gasteiger partial charge in [-0.3, -0.25) is 9.78 Å². The van der Waals surface area contributed by atoms with Gasteiger partial charge in [0, 0.05) is 35.6 Å². The maximum atomic E-state index is 12.3. The maximum absolute atomic E-state index is 12.3. The molecule has 0 unspecified atom stereocenters. The minimum absolute atomic E-state index is 0.209. The van der Waals surface area contributed by atoms with E-state index < -0.39 is 17.8 Å². The molecule has 2 heterocycles. The first-order valence-corrected chi connectivity index (χ1v) is 6.98. The number of benzene rings is 1. The van der Waals surface area contributed by atoms with Gasteiger partial charge in [-0.2, -0.15) is 0 Å². The van der Waals surface area contributed by atoms with Gasteiger partial charge in [-0.1, -0.05) is 0 Å². The number of anilines is 1. The lowest BCUT2D eigenvalue weighted by Gasteiger charge is -2.10. The molecule has 8 heteroatoms. The van der Waals surface area contributed by atoms with Crippen molar-refractivity contribution in [3.63, 3.8) is 0 Å². The number of aliphatic hydroxyl groups is 2. The molecular weight excluding hydrogens is 314 g/mol. The third-order valence-electron chi connectivity index (χ3n) is 3.39. The zero-order chi connectivity index (χ0) is 17.3. The Morgan fingerprint density at radius 3 is 2.71 bits per heavy atom. The first-order chi connectivity index (χ1) is 11.5. The Labute approximate surface area is 135 Å². The summed E-state index contributed by atoms with van der Waals surface area (Å²) in [6.07, 6.45) is 0.599. The third-order valence-corrected chi connectivity index (χ3v) is 3.39. The molecule has 3 rings (SSSR count). The Morgan fingerprint density at radius 2 is 1.96 bits per heavy atom. The Kier molecular flexibility index (Phi) is 4.07. The molecule has 0 spiro atoms. The maximum Gasteiger partial charge on any atom is 0.336 e. The van der Waals surface area contributed by atoms with Gasteiger partial charge in [-0.05, 0) is 24.6 Å². The van der Waals surface area contributed by atoms with Crippen LogP contribution in [0.15, 0.2) is 45.9 Å². The fraction of sp³-hybridized carbons (Fsp3) is 0.125. The Bertz CT molecular complexity index is 981. The molecule has 1 aromatic carbocycles. The van der Waals surface area contributed by atoms with Gasteiger partial charge in [0.1, 0.15) is 11.3 Å². The summed E-state index contributed by atoms with van der Waals surface area (Å²) in [5.41, 5.74) is 0.555. The van der Waals surface area contributed by atoms with E-state index in [0.29, 0.717) is 11.3 Å². The molecule has 0 saturated carbocycles. The predicted octanol–water partition coefficient (Wildman–Crippen LogP) is 1.13. The van der Waals surface area contributed by atoms with Crippen LogP contribution in [0.1, 0.15) is 28.0 Å². The van der Waals surface area contributed by atoms with E-state index in [1.165, 1.54) is 24.5 Å². The van der Waals surface area contributed by atoms with E-state index in [1.54, 1.807) is 12.1 Å². The molecule has 122 valence electrons. The zero-order valence-electron chi connectivity index (χ0n) is 12.6. The Balaban J connectivity index is 1.98. The molecule has 1 amide bonds. The van der Waals surface area contributed by atoms with E-state index in [9.17, 15) is 19.8 Å². The van der Waals surface area contributed by atoms with Crippen LogP contribution in [0.2, 0.25) is 0 Å². The number of amides is 1. The summed E-state index contributed by atoms with van der Waals surface area (Å²) in [5.74, 6) is -0.664. The standard InChI is InChI=1S/C16H13N3O5/c1-8-6-9(7-11-10(8)2-3-12(20)24-11)19-15(21)13-14(16(22)23)18-5-4-17-13/h2-7,16,22-23H,1H3,(H,19,21). The number of hydrogen-bond donors (Lipinski definition) is 3. The van der Waals surface area contributed by atoms with Crippen LogP contribution in [0.5, 0.6) is 0 Å². The highest BCUT2D eigenvalue weighted by Crippen LogP contribution is 2.23. The smallest absolute Gasteiger partial charge is 0.336 e. The van der Waals surface area contributed by atoms with Gasteiger partial charge < -0.3 is 19.9 Å². The van der Waals surface area contributed by atoms with Crippen LogP contribution < -0.4 is 10.9 Å². The lowest BCUT2D eigenvalue weighted by Crippen LogP contribution is -2.18. The summed E-state index contributed by atoms with van der Waals surface area (Å²) >= 11 is 0. The molecule has 0 saturated heterocycles. The van der Waals surface area contributed by atoms with Crippen molar-refractivity contribution in [2.24, 2.45) is 0 Å². The fourth-order valence-electron chi connectivity index (χ4n) is 2.33. The Hall–Kier alpha value is -3.10. The first kappa shape index (κ1) is 15.8. The van der Waals surface area contributed by atoms with Crippen LogP contribution in [-0.4, -0.2) is 26.1 Å². The predicted molar refractivity (Wildman–Crippen MR) is 84.4 cm³/mol. The van der Waals surface area contributed by atoms with Crippen molar-refractivity contribution in [2.45, 2.75) is 13.2 Å². The van der Waals surface area contributed by atoms with Gasteiger partial charge in [-0.25, -0.2) is 9.78 Å². The van der Waals surface area contributed by atoms with Gasteiger partial charge in [-0.15, -0.1) is 0 Å². The molecule has 8 nitrogen and oxygen atoms in total. The summed E-state index contributed by atoms with van der Waals surface area (Å²) in [4.78, 5) is 31.2. The quantitative estimate of drug-likeness (QED) is 0.486. The second-order valence-electron chi connectivity index (χ2n) is 5.08. The van der Waals surface area contributed by atoms with E-state index in [-0.39, 0.29) is 11.4 Å². The second kappa shape index (κ2) is 6.19. The first-order valence-electron chi connectivity index (χ1n) is 6.98. The van der Waals surface area contributed by atoms with Gasteiger partial charge in [0.15, 0.2) is 12.0 Å². The van der Waals surface area contributed by atoms with Crippen molar-refractivity contribution in [2.75, 3.05) is 5.32 Å². The summed E-state index contributed by atoms with van der Waals surface area (Å²) < 4.78 is 5.12. The van der Waals surface area contributed by atoms with E-state index in [0.717, 1.165) is 10.9 Å². The average Bonchev–Trinajstić information content (AvgIpc) is 2.54. The van der Waals surface area contributed by atoms with Gasteiger partial charge >= 0.3 is 5.63 Å². The Morgan fingerprint density at radius 1 is 1.21 bits per heavy atom. The van der Waals surface area contributed by atoms with E-state index in [2.05, 4.69) is 15.3 Å². The summed E-state index contributed by atoms with van der Waals surface area (Å²) in [6, 6.07) is 6.17. The molecule has 0 aliphatic carbocycles. The van der Waals surface area contributed by atoms with Crippen LogP contribution in [0.4, 0.5) is 5.69 Å². The molecule has 3 N–H and O–H groups in total. The van der Waals surface area contributed by atoms with Gasteiger partial charge in [0.05, 0.1) is 0 Å². The lowest BCUT2D eigenvalue weighted by atomic mass is 10.1. The van der Waals surface area contributed by atoms with Crippen LogP contribution in [0.25, 0.3) is 11.0 Å². The number of carbonyl (C=O) groups is 1. The fourth-order valence-corrected chi connectivity index (χ4v) is 2.33. The minimum atomic E-state index is -1.92. The molecule has 0 aliphatic rings. The number of fused-ring (bicyclic) bond motifs is 1. The summed E-state index contributed by atoms with van der Waals surface area (Å²) in [6.45, 7) is 1.81. The van der Waals surface area contributed by atoms with E-state index in [4.69, 9.17) is 4.42 Å². The average molecular weight is 327 g/mol. The minimum Gasteiger partial charge on any atom is -0.423 e. The summed E-state index contributed by atoms with van der Waals surface area (Å²) in [5, 5.41) is 21.8. The number of aliphatic hydroxyl groups excluding tert-OH is 1. The van der Waals surface area contributed by atoms with Crippen LogP contribution in [0.3, 0.4) is 0 Å². The number of carbonyl (C=O) groups excluding carboxylic acids is 1. The number of aryl methyl sites for hydroxylation is 1. The van der Waals surface area contributed by atoms with Crippen molar-refractivity contribution in [1.82, 2.24) is 9.97 Å². The molecule has 24 heavy (non-hydrogen) atoms. The number of aromatic nitrogens is 2. The van der Waals surface area contributed by atoms with Gasteiger partial charge in [0.25, 0.3) is 5.91 Å². The van der Waals surface area contributed by atoms with Crippen molar-refractivity contribution in [3.8, 4) is 0 Å². The third kappa shape index (κ3) is 3.00. The number of hydrogen-bond acceptors (Lipinski definition) is 7. The lowest BCUT2D eigenvalue weighted by molar-refractivity contribution is -0.0466. The number of rotatable bonds is 3. The van der Waals surface area contributed by atoms with E-state index in [1.807, 2.05) is 6.92 Å². The molecule has 2 aromatic heterocycles. The van der Waals surface area contributed by atoms with Crippen LogP contribution in [-0.2, 0) is 0 Å². The molecule has 0 fully saturated rings. The highest BCUT2D eigenvalue weighted by molar-refractivity contribution is 6.04. The topological polar surface area (TPSA) is 126 Å². The highest BCUT2D eigenvalue weighted by Gasteiger charge is 2.19. The highest BCUT2D eigenvalue weighted by atomic mass is 16.5. The normalized spacial score (nSPS) is 11.0. The molecular formula is C16H13N3O5. The van der Waals surface area contributed by atoms with Crippen LogP contribution in [0, 0.1) is 6.92 Å². The zero-order valence-corrected chi connectivity index (χ0v) is 12.6. The van der Waals surface area contributed by atoms with Crippen molar-refractivity contribution in [3.05, 3.63) is 64.0 Å². The second-order valence-corrected chi connectivity index (χ2v) is 5.08. The van der Waals surface area contributed by atoms with E-state index >= 15 is 0 Å². The SMILES string of the molecule is Cc1cc(NC(=O)c2nccnc2C(O)O)cc2oc(=O)ccc12. The molecule has 0 atom stereocenters. The van der Waals surface area contributed by atoms with Crippen molar-refractivity contribution >= 4 is 22.6 Å². The number of nitrogens with zero attached hydrogens (tertiary/aromatic N) is 2. The van der Waals surface area contributed by atoms with Gasteiger partial charge in [0.2, 0.25) is 0 Å². The summed E-state index contributed by atoms with van der Waals surface area (Å²) in [7, 11) is 0. The number of nitrogens with one attached hydrogen (secondary N) is 1. The largest absolute Gasteiger partial charge is 0.423 e. The van der Waals surface area contributed by atoms with Crippen molar-refractivity contribution < 1.29 is 19.4 Å². The van der Waals surface area contributed by atoms with Crippen LogP contribution >= 0.6 is 0 Å². The molecule has 3 aromatic rings. The molecule has 0 radical (unpaired) electrons. The monoisotopic (exact) mass is 327 g/mol.